The molecule has 3 N–H and O–H groups in total. The van der Waals surface area contributed by atoms with Crippen LogP contribution in [0.2, 0.25) is 0 Å². The molecule has 0 saturated carbocycles. The fourth-order valence-electron chi connectivity index (χ4n) is 6.52. The third-order valence-electron chi connectivity index (χ3n) is 8.30. The molecule has 0 spiro atoms. The summed E-state index contributed by atoms with van der Waals surface area (Å²) in [6, 6.07) is 39.0. The van der Waals surface area contributed by atoms with E-state index in [1.807, 2.05) is 48.8 Å². The lowest BCUT2D eigenvalue weighted by molar-refractivity contribution is 0.210. The molecule has 4 aromatic carbocycles. The maximum atomic E-state index is 11.4. The highest BCUT2D eigenvalue weighted by atomic mass is 16.4. The number of benzene rings is 4. The van der Waals surface area contributed by atoms with Crippen LogP contribution in [-0.2, 0) is 5.54 Å². The molecule has 0 aliphatic rings. The van der Waals surface area contributed by atoms with Crippen LogP contribution in [0.15, 0.2) is 128 Å². The summed E-state index contributed by atoms with van der Waals surface area (Å²) >= 11 is 0. The molecular weight excluding hydrogens is 546 g/mol. The van der Waals surface area contributed by atoms with Crippen molar-refractivity contribution < 1.29 is 9.90 Å². The first-order chi connectivity index (χ1) is 21.5. The summed E-state index contributed by atoms with van der Waals surface area (Å²) in [6.45, 7) is 4.30. The lowest BCUT2D eigenvalue weighted by Crippen LogP contribution is -2.38. The van der Waals surface area contributed by atoms with Crippen molar-refractivity contribution in [3.63, 3.8) is 0 Å². The maximum Gasteiger partial charge on any atom is 0.409 e. The Morgan fingerprint density at radius 3 is 1.95 bits per heavy atom. The average molecular weight is 578 g/mol. The summed E-state index contributed by atoms with van der Waals surface area (Å²) in [4.78, 5) is 19.9. The van der Waals surface area contributed by atoms with Gasteiger partial charge in [0.25, 0.3) is 0 Å². The number of anilines is 1. The van der Waals surface area contributed by atoms with E-state index in [4.69, 9.17) is 10.1 Å². The van der Waals surface area contributed by atoms with Gasteiger partial charge < -0.3 is 10.1 Å². The molecule has 7 aromatic rings. The lowest BCUT2D eigenvalue weighted by atomic mass is 9.77. The predicted molar refractivity (Wildman–Crippen MR) is 175 cm³/mol. The number of hydrogen-bond donors (Lipinski definition) is 3. The van der Waals surface area contributed by atoms with Crippen molar-refractivity contribution >= 4 is 33.7 Å². The van der Waals surface area contributed by atoms with Crippen LogP contribution >= 0.6 is 0 Å². The number of carbonyl (C=O) groups is 1. The number of rotatable bonds is 7. The fourth-order valence-corrected chi connectivity index (χ4v) is 6.52. The van der Waals surface area contributed by atoms with Crippen LogP contribution in [0.25, 0.3) is 33.2 Å². The second kappa shape index (κ2) is 10.9. The number of aromatic amines is 1. The molecular formula is C37H31N5O2. The highest BCUT2D eigenvalue weighted by Gasteiger charge is 2.41. The monoisotopic (exact) mass is 577 g/mol. The Morgan fingerprint density at radius 2 is 1.41 bits per heavy atom. The van der Waals surface area contributed by atoms with Gasteiger partial charge >= 0.3 is 6.09 Å². The van der Waals surface area contributed by atoms with Gasteiger partial charge in [-0.1, -0.05) is 105 Å². The molecule has 0 aliphatic heterocycles. The third-order valence-corrected chi connectivity index (χ3v) is 8.30. The van der Waals surface area contributed by atoms with E-state index < -0.39 is 11.6 Å². The molecule has 0 aliphatic carbocycles. The number of hydrogen-bond acceptors (Lipinski definition) is 3. The van der Waals surface area contributed by atoms with Crippen molar-refractivity contribution in [1.29, 1.82) is 0 Å². The van der Waals surface area contributed by atoms with Gasteiger partial charge in [0.1, 0.15) is 5.54 Å². The van der Waals surface area contributed by atoms with E-state index in [0.29, 0.717) is 5.69 Å². The Kier molecular flexibility index (Phi) is 6.70. The molecule has 0 saturated heterocycles. The molecule has 7 heteroatoms. The van der Waals surface area contributed by atoms with Crippen LogP contribution in [-0.4, -0.2) is 30.9 Å². The molecule has 7 rings (SSSR count). The second-order valence-corrected chi connectivity index (χ2v) is 11.2. The van der Waals surface area contributed by atoms with Crippen LogP contribution in [0, 0.1) is 0 Å². The maximum absolute atomic E-state index is 11.4. The molecule has 0 bridgehead atoms. The van der Waals surface area contributed by atoms with Gasteiger partial charge in [-0.2, -0.15) is 5.10 Å². The molecule has 3 heterocycles. The lowest BCUT2D eigenvalue weighted by Gasteiger charge is -2.36. The first kappa shape index (κ1) is 27.2. The molecule has 44 heavy (non-hydrogen) atoms. The van der Waals surface area contributed by atoms with E-state index in [1.165, 1.54) is 0 Å². The van der Waals surface area contributed by atoms with Crippen molar-refractivity contribution in [3.8, 4) is 11.3 Å². The smallest absolute Gasteiger partial charge is 0.409 e. The van der Waals surface area contributed by atoms with Gasteiger partial charge in [-0.3, -0.25) is 5.32 Å². The Labute approximate surface area is 254 Å². The van der Waals surface area contributed by atoms with E-state index in [1.54, 1.807) is 6.07 Å². The SMILES string of the molecule is CC(C)c1c(-c2ccnc3c2cnn3C(c2ccccc2)(c2ccccc2)c2ccccc2)[nH]c2ccc(NC(=O)O)cc12. The zero-order valence-electron chi connectivity index (χ0n) is 24.4. The number of aromatic nitrogens is 4. The number of nitrogens with zero attached hydrogens (tertiary/aromatic N) is 3. The summed E-state index contributed by atoms with van der Waals surface area (Å²) in [7, 11) is 0. The highest BCUT2D eigenvalue weighted by Crippen LogP contribution is 2.44. The predicted octanol–water partition coefficient (Wildman–Crippen LogP) is 8.63. The van der Waals surface area contributed by atoms with Crippen molar-refractivity contribution in [2.24, 2.45) is 0 Å². The molecule has 0 radical (unpaired) electrons. The Bertz CT molecular complexity index is 2000. The van der Waals surface area contributed by atoms with E-state index in [-0.39, 0.29) is 5.92 Å². The molecule has 1 amide bonds. The average Bonchev–Trinajstić information content (AvgIpc) is 3.65. The van der Waals surface area contributed by atoms with Crippen molar-refractivity contribution in [3.05, 3.63) is 150 Å². The van der Waals surface area contributed by atoms with E-state index in [9.17, 15) is 9.90 Å². The number of pyridine rings is 1. The number of nitrogens with one attached hydrogen (secondary N) is 2. The minimum atomic E-state index is -1.09. The van der Waals surface area contributed by atoms with E-state index >= 15 is 0 Å². The first-order valence-corrected chi connectivity index (χ1v) is 14.6. The van der Waals surface area contributed by atoms with Crippen LogP contribution in [0.3, 0.4) is 0 Å². The van der Waals surface area contributed by atoms with Gasteiger partial charge in [0.2, 0.25) is 0 Å². The zero-order valence-corrected chi connectivity index (χ0v) is 24.4. The summed E-state index contributed by atoms with van der Waals surface area (Å²) in [5.74, 6) is 0.161. The van der Waals surface area contributed by atoms with Gasteiger partial charge in [-0.25, -0.2) is 14.5 Å². The van der Waals surface area contributed by atoms with Crippen LogP contribution in [0.5, 0.6) is 0 Å². The Morgan fingerprint density at radius 1 is 0.818 bits per heavy atom. The largest absolute Gasteiger partial charge is 0.465 e. The quantitative estimate of drug-likeness (QED) is 0.165. The molecule has 216 valence electrons. The van der Waals surface area contributed by atoms with Crippen LogP contribution in [0.4, 0.5) is 10.5 Å². The van der Waals surface area contributed by atoms with Crippen LogP contribution in [0.1, 0.15) is 42.0 Å². The third kappa shape index (κ3) is 4.32. The van der Waals surface area contributed by atoms with E-state index in [0.717, 1.165) is 55.4 Å². The normalized spacial score (nSPS) is 11.8. The minimum absolute atomic E-state index is 0.161. The summed E-state index contributed by atoms with van der Waals surface area (Å²) in [6.07, 6.45) is 2.66. The van der Waals surface area contributed by atoms with Gasteiger partial charge in [0.05, 0.1) is 11.9 Å². The summed E-state index contributed by atoms with van der Waals surface area (Å²) in [5, 5.41) is 18.8. The van der Waals surface area contributed by atoms with E-state index in [2.05, 4.69) is 102 Å². The van der Waals surface area contributed by atoms with Crippen molar-refractivity contribution in [2.75, 3.05) is 5.32 Å². The van der Waals surface area contributed by atoms with Gasteiger partial charge in [-0.05, 0) is 52.4 Å². The Balaban J connectivity index is 1.52. The topological polar surface area (TPSA) is 95.8 Å². The molecule has 0 fully saturated rings. The molecule has 0 atom stereocenters. The number of amides is 1. The van der Waals surface area contributed by atoms with Crippen LogP contribution < -0.4 is 5.32 Å². The number of H-pyrrole nitrogens is 1. The van der Waals surface area contributed by atoms with Crippen molar-refractivity contribution in [2.45, 2.75) is 25.3 Å². The molecule has 3 aromatic heterocycles. The minimum Gasteiger partial charge on any atom is -0.465 e. The van der Waals surface area contributed by atoms with Gasteiger partial charge in [0.15, 0.2) is 5.65 Å². The van der Waals surface area contributed by atoms with Gasteiger partial charge in [0, 0.05) is 33.7 Å². The molecule has 0 unspecified atom stereocenters. The second-order valence-electron chi connectivity index (χ2n) is 11.2. The summed E-state index contributed by atoms with van der Waals surface area (Å²) < 4.78 is 2.05. The Hall–Kier alpha value is -5.69. The zero-order chi connectivity index (χ0) is 30.3. The molecule has 7 nitrogen and oxygen atoms in total. The van der Waals surface area contributed by atoms with Crippen molar-refractivity contribution in [1.82, 2.24) is 19.7 Å². The number of fused-ring (bicyclic) bond motifs is 2. The first-order valence-electron chi connectivity index (χ1n) is 14.6. The van der Waals surface area contributed by atoms with Gasteiger partial charge in [-0.15, -0.1) is 0 Å². The number of carboxylic acid groups (broad SMARTS) is 1. The standard InChI is InChI=1S/C37H31N5O2/c1-24(2)33-30-22-28(40-36(43)44)18-19-32(30)41-34(33)29-20-21-38-35-31(29)23-39-42(35)37(25-12-6-3-7-13-25,26-14-8-4-9-15-26)27-16-10-5-11-17-27/h3-24,40-41H,1-2H3,(H,43,44). The highest BCUT2D eigenvalue weighted by molar-refractivity contribution is 6.00. The fraction of sp³-hybridized carbons (Fsp3) is 0.108. The summed E-state index contributed by atoms with van der Waals surface area (Å²) in [5.41, 5.74) is 7.69.